The second-order valence-corrected chi connectivity index (χ2v) is 4.37. The predicted molar refractivity (Wildman–Crippen MR) is 64.2 cm³/mol. The number of hydrogen-bond donors (Lipinski definition) is 3. The third-order valence-corrected chi connectivity index (χ3v) is 3.20. The molecule has 0 aliphatic heterocycles. The largest absolute Gasteiger partial charge is 0.480 e. The standard InChI is InChI=1S/C13H15NO4/c15-6-5-11(13(17)18)14-12(16)10-7-8-3-1-2-4-9(8)10/h1-4,10-11,15H,5-7H2,(H,14,16)(H,17,18). The van der Waals surface area contributed by atoms with Gasteiger partial charge in [0.25, 0.3) is 0 Å². The molecule has 0 bridgehead atoms. The first kappa shape index (κ1) is 12.6. The van der Waals surface area contributed by atoms with E-state index in [-0.39, 0.29) is 24.9 Å². The van der Waals surface area contributed by atoms with Gasteiger partial charge < -0.3 is 15.5 Å². The van der Waals surface area contributed by atoms with Crippen molar-refractivity contribution >= 4 is 11.9 Å². The van der Waals surface area contributed by atoms with Gasteiger partial charge in [0.05, 0.1) is 5.92 Å². The molecule has 5 nitrogen and oxygen atoms in total. The van der Waals surface area contributed by atoms with Gasteiger partial charge in [0.2, 0.25) is 5.91 Å². The quantitative estimate of drug-likeness (QED) is 0.699. The number of amides is 1. The number of carboxylic acid groups (broad SMARTS) is 1. The van der Waals surface area contributed by atoms with Crippen LogP contribution in [-0.4, -0.2) is 34.7 Å². The summed E-state index contributed by atoms with van der Waals surface area (Å²) in [5.41, 5.74) is 2.09. The van der Waals surface area contributed by atoms with Crippen molar-refractivity contribution < 1.29 is 19.8 Å². The molecule has 2 atom stereocenters. The molecule has 3 N–H and O–H groups in total. The van der Waals surface area contributed by atoms with Gasteiger partial charge in [-0.3, -0.25) is 4.79 Å². The Morgan fingerprint density at radius 3 is 2.72 bits per heavy atom. The van der Waals surface area contributed by atoms with Crippen LogP contribution in [0.25, 0.3) is 0 Å². The smallest absolute Gasteiger partial charge is 0.326 e. The summed E-state index contributed by atoms with van der Waals surface area (Å²) in [5.74, 6) is -1.67. The number of rotatable bonds is 5. The van der Waals surface area contributed by atoms with Crippen LogP contribution in [0.1, 0.15) is 23.5 Å². The number of hydrogen-bond acceptors (Lipinski definition) is 3. The fourth-order valence-corrected chi connectivity index (χ4v) is 2.15. The van der Waals surface area contributed by atoms with Crippen LogP contribution in [0.15, 0.2) is 24.3 Å². The van der Waals surface area contributed by atoms with Crippen molar-refractivity contribution in [1.29, 1.82) is 0 Å². The van der Waals surface area contributed by atoms with E-state index in [9.17, 15) is 9.59 Å². The second kappa shape index (κ2) is 5.18. The van der Waals surface area contributed by atoms with Gasteiger partial charge in [-0.15, -0.1) is 0 Å². The van der Waals surface area contributed by atoms with Gasteiger partial charge in [0, 0.05) is 13.0 Å². The summed E-state index contributed by atoms with van der Waals surface area (Å²) in [7, 11) is 0. The Labute approximate surface area is 104 Å². The van der Waals surface area contributed by atoms with E-state index >= 15 is 0 Å². The van der Waals surface area contributed by atoms with Gasteiger partial charge >= 0.3 is 5.97 Å². The van der Waals surface area contributed by atoms with Crippen molar-refractivity contribution in [3.05, 3.63) is 35.4 Å². The normalized spacial score (nSPS) is 18.4. The summed E-state index contributed by atoms with van der Waals surface area (Å²) in [6, 6.07) is 6.60. The number of aliphatic hydroxyl groups excluding tert-OH is 1. The van der Waals surface area contributed by atoms with Crippen LogP contribution in [0.4, 0.5) is 0 Å². The summed E-state index contributed by atoms with van der Waals surface area (Å²) in [6.07, 6.45) is 0.670. The highest BCUT2D eigenvalue weighted by molar-refractivity contribution is 5.90. The van der Waals surface area contributed by atoms with Gasteiger partial charge in [-0.1, -0.05) is 24.3 Å². The number of nitrogens with one attached hydrogen (secondary N) is 1. The number of aliphatic carboxylic acids is 1. The molecule has 1 aliphatic rings. The highest BCUT2D eigenvalue weighted by atomic mass is 16.4. The zero-order valence-corrected chi connectivity index (χ0v) is 9.80. The number of fused-ring (bicyclic) bond motifs is 1. The molecule has 0 aromatic heterocycles. The van der Waals surface area contributed by atoms with E-state index in [2.05, 4.69) is 5.32 Å². The molecule has 2 unspecified atom stereocenters. The summed E-state index contributed by atoms with van der Waals surface area (Å²) in [4.78, 5) is 22.8. The topological polar surface area (TPSA) is 86.6 Å². The molecule has 5 heteroatoms. The summed E-state index contributed by atoms with van der Waals surface area (Å²) < 4.78 is 0. The number of carbonyl (C=O) groups is 2. The third kappa shape index (κ3) is 2.36. The fraction of sp³-hybridized carbons (Fsp3) is 0.385. The lowest BCUT2D eigenvalue weighted by atomic mass is 9.77. The van der Waals surface area contributed by atoms with Crippen LogP contribution in [-0.2, 0) is 16.0 Å². The van der Waals surface area contributed by atoms with Crippen molar-refractivity contribution in [1.82, 2.24) is 5.32 Å². The van der Waals surface area contributed by atoms with Crippen molar-refractivity contribution in [2.45, 2.75) is 24.8 Å². The van der Waals surface area contributed by atoms with E-state index in [1.165, 1.54) is 0 Å². The van der Waals surface area contributed by atoms with E-state index < -0.39 is 12.0 Å². The number of benzene rings is 1. The van der Waals surface area contributed by atoms with Gasteiger partial charge in [-0.25, -0.2) is 4.79 Å². The molecule has 0 fully saturated rings. The maximum Gasteiger partial charge on any atom is 0.326 e. The molecule has 18 heavy (non-hydrogen) atoms. The molecule has 0 saturated heterocycles. The molecule has 1 amide bonds. The summed E-state index contributed by atoms with van der Waals surface area (Å²) in [5, 5.41) is 20.1. The lowest BCUT2D eigenvalue weighted by molar-refractivity contribution is -0.142. The first-order valence-corrected chi connectivity index (χ1v) is 5.85. The SMILES string of the molecule is O=C(O)C(CCO)NC(=O)C1Cc2ccccc21. The van der Waals surface area contributed by atoms with E-state index in [4.69, 9.17) is 10.2 Å². The number of aliphatic hydroxyl groups is 1. The number of carboxylic acids is 1. The van der Waals surface area contributed by atoms with Gasteiger partial charge in [0.15, 0.2) is 0 Å². The molecule has 0 radical (unpaired) electrons. The zero-order chi connectivity index (χ0) is 13.1. The van der Waals surface area contributed by atoms with Crippen LogP contribution in [0, 0.1) is 0 Å². The maximum atomic E-state index is 11.9. The van der Waals surface area contributed by atoms with Crippen molar-refractivity contribution in [2.75, 3.05) is 6.61 Å². The Balaban J connectivity index is 2.00. The monoisotopic (exact) mass is 249 g/mol. The zero-order valence-electron chi connectivity index (χ0n) is 9.80. The van der Waals surface area contributed by atoms with Gasteiger partial charge in [0.1, 0.15) is 6.04 Å². The Kier molecular flexibility index (Phi) is 3.62. The van der Waals surface area contributed by atoms with E-state index in [0.717, 1.165) is 11.1 Å². The molecule has 0 heterocycles. The first-order chi connectivity index (χ1) is 8.63. The van der Waals surface area contributed by atoms with Gasteiger partial charge in [-0.2, -0.15) is 0 Å². The summed E-state index contributed by atoms with van der Waals surface area (Å²) >= 11 is 0. The second-order valence-electron chi connectivity index (χ2n) is 4.37. The minimum atomic E-state index is -1.12. The maximum absolute atomic E-state index is 11.9. The van der Waals surface area contributed by atoms with Crippen molar-refractivity contribution in [2.24, 2.45) is 0 Å². The van der Waals surface area contributed by atoms with Crippen LogP contribution in [0.3, 0.4) is 0 Å². The van der Waals surface area contributed by atoms with Crippen LogP contribution >= 0.6 is 0 Å². The highest BCUT2D eigenvalue weighted by Gasteiger charge is 2.33. The molecule has 2 rings (SSSR count). The molecule has 0 saturated carbocycles. The van der Waals surface area contributed by atoms with Crippen LogP contribution < -0.4 is 5.32 Å². The minimum Gasteiger partial charge on any atom is -0.480 e. The highest BCUT2D eigenvalue weighted by Crippen LogP contribution is 2.34. The lowest BCUT2D eigenvalue weighted by Gasteiger charge is -2.29. The molecular formula is C13H15NO4. The van der Waals surface area contributed by atoms with Gasteiger partial charge in [-0.05, 0) is 17.5 Å². The molecular weight excluding hydrogens is 234 g/mol. The van der Waals surface area contributed by atoms with Crippen LogP contribution in [0.5, 0.6) is 0 Å². The van der Waals surface area contributed by atoms with E-state index in [0.29, 0.717) is 6.42 Å². The average Bonchev–Trinajstić information content (AvgIpc) is 2.30. The van der Waals surface area contributed by atoms with Crippen molar-refractivity contribution in [3.63, 3.8) is 0 Å². The lowest BCUT2D eigenvalue weighted by Crippen LogP contribution is -2.45. The first-order valence-electron chi connectivity index (χ1n) is 5.85. The Hall–Kier alpha value is -1.88. The molecule has 96 valence electrons. The Morgan fingerprint density at radius 1 is 1.39 bits per heavy atom. The van der Waals surface area contributed by atoms with E-state index in [1.807, 2.05) is 24.3 Å². The summed E-state index contributed by atoms with van der Waals surface area (Å²) in [6.45, 7) is -0.265. The predicted octanol–water partition coefficient (Wildman–Crippen LogP) is 0.278. The van der Waals surface area contributed by atoms with E-state index in [1.54, 1.807) is 0 Å². The van der Waals surface area contributed by atoms with Crippen molar-refractivity contribution in [3.8, 4) is 0 Å². The average molecular weight is 249 g/mol. The van der Waals surface area contributed by atoms with Crippen LogP contribution in [0.2, 0.25) is 0 Å². The molecule has 0 spiro atoms. The molecule has 1 aromatic carbocycles. The molecule has 1 aromatic rings. The Bertz CT molecular complexity index is 472. The number of carbonyl (C=O) groups excluding carboxylic acids is 1. The third-order valence-electron chi connectivity index (χ3n) is 3.20. The fourth-order valence-electron chi connectivity index (χ4n) is 2.15. The minimum absolute atomic E-state index is 0.0233. The Morgan fingerprint density at radius 2 is 2.11 bits per heavy atom. The molecule has 1 aliphatic carbocycles.